The predicted octanol–water partition coefficient (Wildman–Crippen LogP) is -0.286. The molecule has 0 heterocycles. The van der Waals surface area contributed by atoms with Gasteiger partial charge in [-0.1, -0.05) is 6.07 Å². The average molecular weight is 382 g/mol. The van der Waals surface area contributed by atoms with Crippen LogP contribution in [0, 0.1) is 0 Å². The second-order valence-electron chi connectivity index (χ2n) is 4.17. The van der Waals surface area contributed by atoms with Crippen LogP contribution in [-0.2, 0) is 30.4 Å². The Balaban J connectivity index is 0.00000264. The molecule has 0 bridgehead atoms. The van der Waals surface area contributed by atoms with E-state index in [1.54, 1.807) is 0 Å². The summed E-state index contributed by atoms with van der Waals surface area (Å²) in [6.45, 7) is 0. The summed E-state index contributed by atoms with van der Waals surface area (Å²) < 4.78 is 99.3. The van der Waals surface area contributed by atoms with E-state index in [1.807, 2.05) is 0 Å². The van der Waals surface area contributed by atoms with Crippen LogP contribution in [0.1, 0.15) is 0 Å². The van der Waals surface area contributed by atoms with Gasteiger partial charge in [-0.3, -0.25) is 0 Å². The van der Waals surface area contributed by atoms with Crippen molar-refractivity contribution in [3.63, 3.8) is 0 Å². The first-order chi connectivity index (χ1) is 9.80. The molecule has 0 amide bonds. The molecule has 2 aromatic rings. The fourth-order valence-corrected chi connectivity index (χ4v) is 3.63. The van der Waals surface area contributed by atoms with Crippen LogP contribution in [0.15, 0.2) is 45.0 Å². The Labute approximate surface area is 131 Å². The van der Waals surface area contributed by atoms with Gasteiger partial charge in [0.1, 0.15) is 30.4 Å². The minimum Gasteiger partial charge on any atom is -0.744 e. The van der Waals surface area contributed by atoms with Crippen molar-refractivity contribution >= 4 is 41.1 Å². The first-order valence-corrected chi connectivity index (χ1v) is 9.48. The van der Waals surface area contributed by atoms with Gasteiger partial charge < -0.3 is 19.8 Å². The lowest BCUT2D eigenvalue weighted by Gasteiger charge is -2.16. The highest BCUT2D eigenvalue weighted by Crippen LogP contribution is 2.29. The number of rotatable bonds is 3. The van der Waals surface area contributed by atoms with Gasteiger partial charge in [0.2, 0.25) is 0 Å². The van der Waals surface area contributed by atoms with Crippen molar-refractivity contribution in [2.75, 3.05) is 0 Å². The third kappa shape index (κ3) is 4.03. The minimum atomic E-state index is -5.14. The molecule has 0 saturated heterocycles. The summed E-state index contributed by atoms with van der Waals surface area (Å²) >= 11 is 0. The summed E-state index contributed by atoms with van der Waals surface area (Å²) in [5.74, 6) is 0. The van der Waals surface area contributed by atoms with E-state index < -0.39 is 45.0 Å². The van der Waals surface area contributed by atoms with Gasteiger partial charge in [-0.15, -0.1) is 0 Å². The van der Waals surface area contributed by atoms with E-state index in [2.05, 4.69) is 0 Å². The zero-order valence-corrected chi connectivity index (χ0v) is 13.4. The molecule has 2 aromatic carbocycles. The second kappa shape index (κ2) is 5.79. The van der Waals surface area contributed by atoms with Gasteiger partial charge in [-0.25, -0.2) is 25.3 Å². The number of benzene rings is 2. The van der Waals surface area contributed by atoms with Crippen molar-refractivity contribution in [2.24, 2.45) is 0 Å². The number of hydrogen-bond acceptors (Lipinski definition) is 10. The minimum absolute atomic E-state index is 0. The first-order valence-electron chi connectivity index (χ1n) is 5.26. The van der Waals surface area contributed by atoms with Gasteiger partial charge in [-0.2, -0.15) is 0 Å². The topological polar surface area (TPSA) is 207 Å². The fourth-order valence-electron chi connectivity index (χ4n) is 1.79. The Kier molecular flexibility index (Phi) is 4.89. The third-order valence-electron chi connectivity index (χ3n) is 2.71. The maximum absolute atomic E-state index is 11.2. The molecule has 0 aromatic heterocycles. The molecule has 0 aliphatic heterocycles. The van der Waals surface area contributed by atoms with Crippen LogP contribution in [0.3, 0.4) is 0 Å². The zero-order valence-electron chi connectivity index (χ0n) is 11.0. The van der Waals surface area contributed by atoms with Gasteiger partial charge in [0.05, 0.1) is 14.7 Å². The highest BCUT2D eigenvalue weighted by molar-refractivity contribution is 7.86. The van der Waals surface area contributed by atoms with E-state index in [0.717, 1.165) is 12.1 Å². The Morgan fingerprint density at radius 3 is 1.57 bits per heavy atom. The standard InChI is InChI=1S/C10H8O9S3.H3N/c11-20(12,13)7-1-2-9-6(3-7)4-8(21(14,15)16)5-10(9)22(17,18)19;/h1-5H,(H,11,12,13)(H,14,15,16)(H,17,18,19);1H3/p-3. The van der Waals surface area contributed by atoms with E-state index in [-0.39, 0.29) is 16.9 Å². The third-order valence-corrected chi connectivity index (χ3v) is 5.23. The molecule has 0 unspecified atom stereocenters. The molecule has 23 heavy (non-hydrogen) atoms. The predicted molar refractivity (Wildman–Crippen MR) is 72.9 cm³/mol. The quantitative estimate of drug-likeness (QED) is 0.686. The van der Waals surface area contributed by atoms with Gasteiger partial charge in [0.25, 0.3) is 0 Å². The second-order valence-corrected chi connectivity index (χ2v) is 8.27. The molecular weight excluding hydrogens is 374 g/mol. The van der Waals surface area contributed by atoms with Crippen LogP contribution >= 0.6 is 0 Å². The molecule has 13 heteroatoms. The van der Waals surface area contributed by atoms with Crippen molar-refractivity contribution in [3.05, 3.63) is 30.3 Å². The van der Waals surface area contributed by atoms with Crippen LogP contribution in [0.25, 0.3) is 10.8 Å². The van der Waals surface area contributed by atoms with E-state index in [0.29, 0.717) is 18.2 Å². The van der Waals surface area contributed by atoms with Gasteiger partial charge >= 0.3 is 0 Å². The van der Waals surface area contributed by atoms with Crippen LogP contribution < -0.4 is 6.15 Å². The lowest BCUT2D eigenvalue weighted by Crippen LogP contribution is -2.05. The van der Waals surface area contributed by atoms with Crippen molar-refractivity contribution in [3.8, 4) is 0 Å². The lowest BCUT2D eigenvalue weighted by atomic mass is 10.1. The molecule has 128 valence electrons. The molecule has 0 atom stereocenters. The largest absolute Gasteiger partial charge is 0.744 e. The summed E-state index contributed by atoms with van der Waals surface area (Å²) in [6.07, 6.45) is 0. The molecule has 0 spiro atoms. The molecule has 0 saturated carbocycles. The summed E-state index contributed by atoms with van der Waals surface area (Å²) in [5, 5.41) is -0.668. The zero-order chi connectivity index (χ0) is 16.9. The molecule has 0 fully saturated rings. The number of fused-ring (bicyclic) bond motifs is 1. The monoisotopic (exact) mass is 382 g/mol. The first kappa shape index (κ1) is 19.4. The van der Waals surface area contributed by atoms with E-state index >= 15 is 0 Å². The lowest BCUT2D eigenvalue weighted by molar-refractivity contribution is 0.460. The van der Waals surface area contributed by atoms with E-state index in [1.165, 1.54) is 0 Å². The smallest absolute Gasteiger partial charge is 0.125 e. The Morgan fingerprint density at radius 1 is 0.652 bits per heavy atom. The molecule has 0 aliphatic rings. The van der Waals surface area contributed by atoms with Crippen LogP contribution in [-0.4, -0.2) is 38.9 Å². The van der Waals surface area contributed by atoms with Crippen molar-refractivity contribution in [2.45, 2.75) is 14.7 Å². The average Bonchev–Trinajstić information content (AvgIpc) is 2.33. The van der Waals surface area contributed by atoms with Crippen LogP contribution in [0.4, 0.5) is 0 Å². The Bertz CT molecular complexity index is 1080. The van der Waals surface area contributed by atoms with Gasteiger partial charge in [0, 0.05) is 0 Å². The molecule has 10 nitrogen and oxygen atoms in total. The van der Waals surface area contributed by atoms with Crippen LogP contribution in [0.2, 0.25) is 0 Å². The highest BCUT2D eigenvalue weighted by Gasteiger charge is 2.14. The summed E-state index contributed by atoms with van der Waals surface area (Å²) in [6, 6.07) is 3.39. The number of hydrogen-bond donors (Lipinski definition) is 1. The SMILES string of the molecule is N.O=S(=O)([O-])c1ccc2c(S(=O)(=O)[O-])cc(S(=O)(=O)[O-])cc2c1. The molecule has 3 N–H and O–H groups in total. The highest BCUT2D eigenvalue weighted by atomic mass is 32.2. The molecule has 0 aliphatic carbocycles. The van der Waals surface area contributed by atoms with Crippen molar-refractivity contribution in [1.82, 2.24) is 6.15 Å². The summed E-state index contributed by atoms with van der Waals surface area (Å²) in [5.41, 5.74) is 0. The van der Waals surface area contributed by atoms with E-state index in [9.17, 15) is 38.9 Å². The van der Waals surface area contributed by atoms with Gasteiger partial charge in [-0.05, 0) is 35.0 Å². The maximum atomic E-state index is 11.2. The fraction of sp³-hybridized carbons (Fsp3) is 0. The van der Waals surface area contributed by atoms with Crippen molar-refractivity contribution < 1.29 is 38.9 Å². The van der Waals surface area contributed by atoms with E-state index in [4.69, 9.17) is 0 Å². The molecule has 2 rings (SSSR count). The normalized spacial score (nSPS) is 12.8. The summed E-state index contributed by atoms with van der Waals surface area (Å²) in [7, 11) is -15.1. The Morgan fingerprint density at radius 2 is 1.13 bits per heavy atom. The van der Waals surface area contributed by atoms with Gasteiger partial charge in [0.15, 0.2) is 0 Å². The van der Waals surface area contributed by atoms with Crippen LogP contribution in [0.5, 0.6) is 0 Å². The summed E-state index contributed by atoms with van der Waals surface area (Å²) in [4.78, 5) is -2.81. The maximum Gasteiger partial charge on any atom is 0.125 e. The molecule has 0 radical (unpaired) electrons. The Hall–Kier alpha value is -1.61. The molecular formula is C10H8NO9S3-3. The van der Waals surface area contributed by atoms with Crippen molar-refractivity contribution in [1.29, 1.82) is 0 Å².